The smallest absolute Gasteiger partial charge is 0.295 e. The zero-order chi connectivity index (χ0) is 31.1. The molecule has 44 heavy (non-hydrogen) atoms. The zero-order valence-corrected chi connectivity index (χ0v) is 27.4. The van der Waals surface area contributed by atoms with Crippen molar-refractivity contribution >= 4 is 55.1 Å². The number of amides is 2. The lowest BCUT2D eigenvalue weighted by Gasteiger charge is -2.35. The van der Waals surface area contributed by atoms with E-state index in [1.54, 1.807) is 53.4 Å². The monoisotopic (exact) mass is 703 g/mol. The number of rotatable bonds is 11. The predicted octanol–water partition coefficient (Wildman–Crippen LogP) is 4.26. The highest BCUT2D eigenvalue weighted by Gasteiger charge is 2.29. The molecule has 5 rings (SSSR count). The molecule has 0 radical (unpaired) electrons. The number of sulfonamides is 1. The van der Waals surface area contributed by atoms with Crippen LogP contribution in [0.5, 0.6) is 5.75 Å². The van der Waals surface area contributed by atoms with Gasteiger partial charge in [0, 0.05) is 49.3 Å². The first kappa shape index (κ1) is 32.2. The molecule has 2 aliphatic heterocycles. The highest BCUT2D eigenvalue weighted by atomic mass is 79.9. The van der Waals surface area contributed by atoms with Crippen molar-refractivity contribution in [1.29, 1.82) is 0 Å². The molecule has 2 saturated heterocycles. The summed E-state index contributed by atoms with van der Waals surface area (Å²) in [5, 5.41) is 2.89. The number of hydrogen-bond donors (Lipinski definition) is 1. The van der Waals surface area contributed by atoms with Crippen LogP contribution in [0, 0.1) is 0 Å². The van der Waals surface area contributed by atoms with Crippen LogP contribution in [0.3, 0.4) is 0 Å². The number of likely N-dealkylation sites (tertiary alicyclic amines) is 1. The van der Waals surface area contributed by atoms with E-state index in [1.807, 2.05) is 0 Å². The van der Waals surface area contributed by atoms with E-state index in [0.29, 0.717) is 17.6 Å². The standard InChI is InChI=1S/C31H35BrClN5O5S/c32-25-10-13-29(28(33)22-25)43-38(26-6-2-1-3-7-26)44(41,42)27-11-8-24(9-12-27)31(40)34-23-30(39)37-20-18-36(19-21-37)17-16-35-14-4-5-15-35/h1-3,6-13,22H,4-5,14-21,23H2,(H,34,40). The Balaban J connectivity index is 1.17. The van der Waals surface area contributed by atoms with Crippen molar-refractivity contribution in [3.8, 4) is 5.75 Å². The first-order chi connectivity index (χ1) is 21.2. The van der Waals surface area contributed by atoms with Gasteiger partial charge in [0.1, 0.15) is 0 Å². The van der Waals surface area contributed by atoms with Crippen LogP contribution in [-0.2, 0) is 14.8 Å². The van der Waals surface area contributed by atoms with Crippen molar-refractivity contribution in [1.82, 2.24) is 20.0 Å². The number of nitrogens with zero attached hydrogens (tertiary/aromatic N) is 4. The SMILES string of the molecule is O=C(NCC(=O)N1CCN(CCN2CCCC2)CC1)c1ccc(S(=O)(=O)N(Oc2ccc(Br)cc2Cl)c2ccccc2)cc1. The van der Waals surface area contributed by atoms with Crippen LogP contribution in [0.1, 0.15) is 23.2 Å². The fourth-order valence-corrected chi connectivity index (χ4v) is 7.14. The first-order valence-electron chi connectivity index (χ1n) is 14.5. The maximum absolute atomic E-state index is 13.7. The van der Waals surface area contributed by atoms with Gasteiger partial charge in [0.15, 0.2) is 5.75 Å². The minimum absolute atomic E-state index is 0.0928. The lowest BCUT2D eigenvalue weighted by molar-refractivity contribution is -0.131. The van der Waals surface area contributed by atoms with E-state index in [9.17, 15) is 18.0 Å². The topological polar surface area (TPSA) is 102 Å². The molecule has 1 N–H and O–H groups in total. The number of carbonyl (C=O) groups is 2. The Kier molecular flexibility index (Phi) is 10.8. The van der Waals surface area contributed by atoms with Crippen molar-refractivity contribution in [2.45, 2.75) is 17.7 Å². The van der Waals surface area contributed by atoms with Crippen molar-refractivity contribution in [2.24, 2.45) is 0 Å². The number of carbonyl (C=O) groups excluding carboxylic acids is 2. The fraction of sp³-hybridized carbons (Fsp3) is 0.355. The predicted molar refractivity (Wildman–Crippen MR) is 173 cm³/mol. The summed E-state index contributed by atoms with van der Waals surface area (Å²) in [7, 11) is -4.23. The number of anilines is 1. The summed E-state index contributed by atoms with van der Waals surface area (Å²) in [6.45, 7) is 7.22. The van der Waals surface area contributed by atoms with Crippen LogP contribution < -0.4 is 14.6 Å². The number of nitrogens with one attached hydrogen (secondary N) is 1. The molecule has 0 bridgehead atoms. The Morgan fingerprint density at radius 2 is 1.50 bits per heavy atom. The van der Waals surface area contributed by atoms with E-state index in [4.69, 9.17) is 16.4 Å². The molecule has 0 atom stereocenters. The molecule has 0 saturated carbocycles. The molecule has 3 aromatic rings. The summed E-state index contributed by atoms with van der Waals surface area (Å²) in [5.41, 5.74) is 0.492. The van der Waals surface area contributed by atoms with Gasteiger partial charge in [-0.1, -0.05) is 50.2 Å². The van der Waals surface area contributed by atoms with Crippen LogP contribution in [-0.4, -0.2) is 93.8 Å². The molecule has 2 amide bonds. The van der Waals surface area contributed by atoms with E-state index in [2.05, 4.69) is 31.0 Å². The van der Waals surface area contributed by atoms with Crippen LogP contribution >= 0.6 is 27.5 Å². The molecule has 3 aromatic carbocycles. The van der Waals surface area contributed by atoms with Crippen LogP contribution in [0.2, 0.25) is 5.02 Å². The van der Waals surface area contributed by atoms with Gasteiger partial charge in [0.25, 0.3) is 15.9 Å². The van der Waals surface area contributed by atoms with Crippen LogP contribution in [0.4, 0.5) is 5.69 Å². The summed E-state index contributed by atoms with van der Waals surface area (Å²) >= 11 is 9.63. The molecule has 0 unspecified atom stereocenters. The third-order valence-electron chi connectivity index (χ3n) is 7.73. The largest absolute Gasteiger partial charge is 0.363 e. The number of benzene rings is 3. The van der Waals surface area contributed by atoms with Gasteiger partial charge in [0.05, 0.1) is 22.2 Å². The molecule has 2 fully saturated rings. The fourth-order valence-electron chi connectivity index (χ4n) is 5.18. The molecule has 0 spiro atoms. The number of hydrogen-bond acceptors (Lipinski definition) is 7. The van der Waals surface area contributed by atoms with Gasteiger partial charge < -0.3 is 20.0 Å². The van der Waals surface area contributed by atoms with Crippen LogP contribution in [0.15, 0.2) is 82.2 Å². The van der Waals surface area contributed by atoms with Crippen molar-refractivity contribution in [3.05, 3.63) is 87.9 Å². The Morgan fingerprint density at radius 1 is 0.864 bits per heavy atom. The lowest BCUT2D eigenvalue weighted by atomic mass is 10.2. The van der Waals surface area contributed by atoms with Crippen molar-refractivity contribution in [2.75, 3.05) is 63.4 Å². The zero-order valence-electron chi connectivity index (χ0n) is 24.2. The highest BCUT2D eigenvalue weighted by Crippen LogP contribution is 2.32. The average Bonchev–Trinajstić information content (AvgIpc) is 3.56. The quantitative estimate of drug-likeness (QED) is 0.298. The molecule has 13 heteroatoms. The lowest BCUT2D eigenvalue weighted by Crippen LogP contribution is -2.52. The highest BCUT2D eigenvalue weighted by molar-refractivity contribution is 9.10. The summed E-state index contributed by atoms with van der Waals surface area (Å²) in [6.07, 6.45) is 2.56. The van der Waals surface area contributed by atoms with Gasteiger partial charge in [-0.3, -0.25) is 14.5 Å². The van der Waals surface area contributed by atoms with Gasteiger partial charge in [0.2, 0.25) is 5.91 Å². The Morgan fingerprint density at radius 3 is 2.14 bits per heavy atom. The third-order valence-corrected chi connectivity index (χ3v) is 10.1. The minimum atomic E-state index is -4.23. The van der Waals surface area contributed by atoms with E-state index in [0.717, 1.165) is 30.6 Å². The van der Waals surface area contributed by atoms with Gasteiger partial charge >= 0.3 is 0 Å². The number of para-hydroxylation sites is 1. The third kappa shape index (κ3) is 8.10. The van der Waals surface area contributed by atoms with Crippen LogP contribution in [0.25, 0.3) is 0 Å². The molecule has 10 nitrogen and oxygen atoms in total. The van der Waals surface area contributed by atoms with E-state index < -0.39 is 15.9 Å². The Labute approximate surface area is 271 Å². The van der Waals surface area contributed by atoms with Gasteiger partial charge in [-0.05, 0) is 80.5 Å². The molecule has 2 aliphatic rings. The van der Waals surface area contributed by atoms with Gasteiger partial charge in [-0.2, -0.15) is 8.42 Å². The second-order valence-electron chi connectivity index (χ2n) is 10.7. The number of piperazine rings is 1. The van der Waals surface area contributed by atoms with Crippen molar-refractivity contribution < 1.29 is 22.8 Å². The molecular formula is C31H35BrClN5O5S. The molecule has 0 aliphatic carbocycles. The molecule has 0 aromatic heterocycles. The minimum Gasteiger partial charge on any atom is -0.363 e. The maximum atomic E-state index is 13.7. The second kappa shape index (κ2) is 14.7. The summed E-state index contributed by atoms with van der Waals surface area (Å²) in [4.78, 5) is 38.0. The summed E-state index contributed by atoms with van der Waals surface area (Å²) in [6, 6.07) is 18.6. The summed E-state index contributed by atoms with van der Waals surface area (Å²) in [5.74, 6) is -0.463. The number of halogens is 2. The molecular weight excluding hydrogens is 670 g/mol. The Bertz CT molecular complexity index is 1550. The maximum Gasteiger partial charge on any atom is 0.295 e. The summed E-state index contributed by atoms with van der Waals surface area (Å²) < 4.78 is 28.9. The van der Waals surface area contributed by atoms with E-state index >= 15 is 0 Å². The Hall–Kier alpha value is -3.16. The van der Waals surface area contributed by atoms with E-state index in [-0.39, 0.29) is 39.4 Å². The van der Waals surface area contributed by atoms with Crippen molar-refractivity contribution in [3.63, 3.8) is 0 Å². The van der Waals surface area contributed by atoms with Gasteiger partial charge in [-0.25, -0.2) is 0 Å². The van der Waals surface area contributed by atoms with Gasteiger partial charge in [-0.15, -0.1) is 0 Å². The normalized spacial score (nSPS) is 16.1. The first-order valence-corrected chi connectivity index (χ1v) is 17.2. The molecule has 2 heterocycles. The average molecular weight is 705 g/mol. The second-order valence-corrected chi connectivity index (χ2v) is 13.8. The molecule has 234 valence electrons. The van der Waals surface area contributed by atoms with E-state index in [1.165, 1.54) is 50.2 Å².